The van der Waals surface area contributed by atoms with Crippen LogP contribution in [0.5, 0.6) is 0 Å². The number of halogens is 4. The summed E-state index contributed by atoms with van der Waals surface area (Å²) in [7, 11) is 0. The Morgan fingerprint density at radius 2 is 1.97 bits per heavy atom. The van der Waals surface area contributed by atoms with E-state index in [2.05, 4.69) is 15.3 Å². The number of hydrogen-bond donors (Lipinski definition) is 1. The van der Waals surface area contributed by atoms with Gasteiger partial charge < -0.3 is 5.32 Å². The van der Waals surface area contributed by atoms with Crippen LogP contribution < -0.4 is 5.32 Å². The number of amides is 2. The molecule has 1 fully saturated rings. The average Bonchev–Trinajstić information content (AvgIpc) is 3.39. The van der Waals surface area contributed by atoms with E-state index >= 15 is 0 Å². The fraction of sp³-hybridized carbons (Fsp3) is 0.217. The maximum atomic E-state index is 13.0. The van der Waals surface area contributed by atoms with Crippen molar-refractivity contribution in [1.29, 1.82) is 0 Å². The minimum absolute atomic E-state index is 0.0350. The van der Waals surface area contributed by atoms with Crippen molar-refractivity contribution in [1.82, 2.24) is 9.88 Å². The maximum absolute atomic E-state index is 13.0. The summed E-state index contributed by atoms with van der Waals surface area (Å²) in [4.78, 5) is 35.9. The fourth-order valence-electron chi connectivity index (χ4n) is 3.32. The monoisotopic (exact) mass is 538 g/mol. The number of thioether (sulfide) groups is 1. The first-order valence-corrected chi connectivity index (χ1v) is 12.5. The van der Waals surface area contributed by atoms with Crippen molar-refractivity contribution in [2.75, 3.05) is 11.9 Å². The number of hydrogen-bond acceptors (Lipinski definition) is 6. The summed E-state index contributed by atoms with van der Waals surface area (Å²) in [5.74, 6) is -0.934. The average molecular weight is 539 g/mol. The number of carbonyl (C=O) groups is 2. The van der Waals surface area contributed by atoms with Gasteiger partial charge in [-0.2, -0.15) is 18.2 Å². The van der Waals surface area contributed by atoms with Crippen LogP contribution in [0.1, 0.15) is 18.9 Å². The lowest BCUT2D eigenvalue weighted by molar-refractivity contribution is -0.137. The lowest BCUT2D eigenvalue weighted by Gasteiger charge is -2.13. The van der Waals surface area contributed by atoms with Crippen LogP contribution in [0.2, 0.25) is 5.02 Å². The number of nitrogens with one attached hydrogen (secondary N) is 1. The normalized spacial score (nSPS) is 17.3. The number of anilines is 1. The van der Waals surface area contributed by atoms with Gasteiger partial charge in [0, 0.05) is 23.9 Å². The zero-order valence-corrected chi connectivity index (χ0v) is 20.6. The van der Waals surface area contributed by atoms with Gasteiger partial charge in [-0.3, -0.25) is 14.5 Å². The highest BCUT2D eigenvalue weighted by Gasteiger charge is 2.39. The Morgan fingerprint density at radius 1 is 1.23 bits per heavy atom. The molecule has 35 heavy (non-hydrogen) atoms. The molecule has 1 N–H and O–H groups in total. The maximum Gasteiger partial charge on any atom is 0.416 e. The molecular formula is C23H18ClF3N4O2S2. The molecule has 0 radical (unpaired) electrons. The Hall–Kier alpha value is -2.89. The Bertz CT molecular complexity index is 1280. The van der Waals surface area contributed by atoms with E-state index in [0.717, 1.165) is 41.2 Å². The molecule has 0 spiro atoms. The number of alkyl halides is 3. The number of nitrogens with zero attached hydrogens (tertiary/aromatic N) is 3. The molecule has 12 heteroatoms. The molecule has 3 aromatic rings. The van der Waals surface area contributed by atoms with E-state index in [1.807, 2.05) is 35.7 Å². The number of amidine groups is 1. The van der Waals surface area contributed by atoms with Crippen LogP contribution in [0.15, 0.2) is 58.9 Å². The van der Waals surface area contributed by atoms with E-state index in [9.17, 15) is 22.8 Å². The molecule has 0 bridgehead atoms. The molecule has 2 amide bonds. The summed E-state index contributed by atoms with van der Waals surface area (Å²) in [6.07, 6.45) is -4.83. The standard InChI is InChI=1S/C23H18ClF3N4O2S2/c1-2-31-20(33)18(11-19(32)28-16-10-14(23(25,26)27)8-9-15(16)24)35-22(31)30-21-29-17(12-34-21)13-6-4-3-5-7-13/h3-10,12,18H,2,11H2,1H3,(H,28,32)/b30-22+. The second kappa shape index (κ2) is 10.4. The molecule has 2 aromatic carbocycles. The van der Waals surface area contributed by atoms with Crippen molar-refractivity contribution in [3.63, 3.8) is 0 Å². The Balaban J connectivity index is 1.47. The van der Waals surface area contributed by atoms with Crippen molar-refractivity contribution in [2.24, 2.45) is 4.99 Å². The van der Waals surface area contributed by atoms with E-state index in [4.69, 9.17) is 11.6 Å². The van der Waals surface area contributed by atoms with Crippen molar-refractivity contribution in [3.05, 3.63) is 64.5 Å². The van der Waals surface area contributed by atoms with Crippen molar-refractivity contribution < 1.29 is 22.8 Å². The summed E-state index contributed by atoms with van der Waals surface area (Å²) >= 11 is 8.41. The van der Waals surface area contributed by atoms with Gasteiger partial charge in [-0.15, -0.1) is 11.3 Å². The van der Waals surface area contributed by atoms with Gasteiger partial charge in [-0.25, -0.2) is 4.98 Å². The van der Waals surface area contributed by atoms with Gasteiger partial charge in [0.25, 0.3) is 0 Å². The van der Waals surface area contributed by atoms with E-state index in [-0.39, 0.29) is 23.0 Å². The number of aromatic nitrogens is 1. The molecule has 1 saturated heterocycles. The predicted octanol–water partition coefficient (Wildman–Crippen LogP) is 6.46. The SMILES string of the molecule is CCN1C(=O)C(CC(=O)Nc2cc(C(F)(F)F)ccc2Cl)S/C1=N/c1nc(-c2ccccc2)cs1. The van der Waals surface area contributed by atoms with Gasteiger partial charge in [0.1, 0.15) is 5.25 Å². The van der Waals surface area contributed by atoms with Crippen molar-refractivity contribution in [3.8, 4) is 11.3 Å². The lowest BCUT2D eigenvalue weighted by Crippen LogP contribution is -2.33. The molecule has 0 aliphatic carbocycles. The first-order valence-electron chi connectivity index (χ1n) is 10.4. The largest absolute Gasteiger partial charge is 0.416 e. The Morgan fingerprint density at radius 3 is 2.66 bits per heavy atom. The first kappa shape index (κ1) is 25.2. The zero-order valence-electron chi connectivity index (χ0n) is 18.2. The van der Waals surface area contributed by atoms with Crippen LogP contribution in [0.25, 0.3) is 11.3 Å². The smallest absolute Gasteiger partial charge is 0.325 e. The van der Waals surface area contributed by atoms with Gasteiger partial charge in [-0.1, -0.05) is 53.7 Å². The molecular weight excluding hydrogens is 521 g/mol. The van der Waals surface area contributed by atoms with E-state index in [0.29, 0.717) is 16.8 Å². The third kappa shape index (κ3) is 5.85. The highest BCUT2D eigenvalue weighted by Crippen LogP contribution is 2.36. The second-order valence-electron chi connectivity index (χ2n) is 7.41. The van der Waals surface area contributed by atoms with E-state index in [1.165, 1.54) is 16.2 Å². The molecule has 1 aliphatic rings. The van der Waals surface area contributed by atoms with Gasteiger partial charge >= 0.3 is 6.18 Å². The van der Waals surface area contributed by atoms with Crippen molar-refractivity contribution >= 4 is 62.5 Å². The third-order valence-electron chi connectivity index (χ3n) is 5.03. The molecule has 2 heterocycles. The van der Waals surface area contributed by atoms with Crippen LogP contribution in [0, 0.1) is 0 Å². The van der Waals surface area contributed by atoms with Gasteiger partial charge in [-0.05, 0) is 25.1 Å². The summed E-state index contributed by atoms with van der Waals surface area (Å²) in [6, 6.07) is 12.3. The summed E-state index contributed by atoms with van der Waals surface area (Å²) in [5.41, 5.74) is 0.606. The predicted molar refractivity (Wildman–Crippen MR) is 133 cm³/mol. The number of thiazole rings is 1. The van der Waals surface area contributed by atoms with Crippen LogP contribution >= 0.6 is 34.7 Å². The molecule has 0 saturated carbocycles. The number of rotatable bonds is 6. The van der Waals surface area contributed by atoms with Crippen LogP contribution in [0.3, 0.4) is 0 Å². The summed E-state index contributed by atoms with van der Waals surface area (Å²) in [6.45, 7) is 2.13. The van der Waals surface area contributed by atoms with Gasteiger partial charge in [0.2, 0.25) is 16.9 Å². The second-order valence-corrected chi connectivity index (χ2v) is 9.82. The van der Waals surface area contributed by atoms with Gasteiger partial charge in [0.15, 0.2) is 5.17 Å². The Kier molecular flexibility index (Phi) is 7.48. The summed E-state index contributed by atoms with van der Waals surface area (Å²) in [5, 5.41) is 4.34. The highest BCUT2D eigenvalue weighted by molar-refractivity contribution is 8.15. The van der Waals surface area contributed by atoms with Crippen LogP contribution in [0.4, 0.5) is 24.0 Å². The molecule has 1 atom stereocenters. The molecule has 6 nitrogen and oxygen atoms in total. The van der Waals surface area contributed by atoms with E-state index < -0.39 is 22.9 Å². The number of aliphatic imine (C=N–C) groups is 1. The van der Waals surface area contributed by atoms with Gasteiger partial charge in [0.05, 0.1) is 22.0 Å². The fourth-order valence-corrected chi connectivity index (χ4v) is 5.44. The van der Waals surface area contributed by atoms with E-state index in [1.54, 1.807) is 6.92 Å². The number of benzene rings is 2. The Labute approximate surface area is 212 Å². The minimum Gasteiger partial charge on any atom is -0.325 e. The molecule has 182 valence electrons. The molecule has 4 rings (SSSR count). The zero-order chi connectivity index (χ0) is 25.2. The molecule has 1 aromatic heterocycles. The number of carbonyl (C=O) groups excluding carboxylic acids is 2. The summed E-state index contributed by atoms with van der Waals surface area (Å²) < 4.78 is 39.0. The third-order valence-corrected chi connectivity index (χ3v) is 7.27. The highest BCUT2D eigenvalue weighted by atomic mass is 35.5. The lowest BCUT2D eigenvalue weighted by atomic mass is 10.2. The van der Waals surface area contributed by atoms with Crippen molar-refractivity contribution in [2.45, 2.75) is 24.8 Å². The molecule has 1 unspecified atom stereocenters. The van der Waals surface area contributed by atoms with Crippen LogP contribution in [-0.4, -0.2) is 38.7 Å². The topological polar surface area (TPSA) is 74.7 Å². The quantitative estimate of drug-likeness (QED) is 0.391. The van der Waals surface area contributed by atoms with Crippen LogP contribution in [-0.2, 0) is 15.8 Å². The molecule has 1 aliphatic heterocycles. The minimum atomic E-state index is -4.58. The first-order chi connectivity index (χ1) is 16.7.